The van der Waals surface area contributed by atoms with Crippen LogP contribution in [-0.2, 0) is 16.4 Å². The maximum atomic E-state index is 13.3. The molecule has 0 saturated carbocycles. The van der Waals surface area contributed by atoms with E-state index in [4.69, 9.17) is 15.0 Å². The van der Waals surface area contributed by atoms with Crippen LogP contribution >= 0.6 is 0 Å². The normalized spacial score (nSPS) is 23.5. The van der Waals surface area contributed by atoms with E-state index in [0.717, 1.165) is 5.56 Å². The molecule has 2 aromatic heterocycles. The summed E-state index contributed by atoms with van der Waals surface area (Å²) in [6, 6.07) is 5.64. The molecule has 29 heavy (non-hydrogen) atoms. The van der Waals surface area contributed by atoms with Crippen LogP contribution in [0.1, 0.15) is 35.4 Å². The van der Waals surface area contributed by atoms with Crippen LogP contribution in [0.2, 0.25) is 0 Å². The first-order valence-electron chi connectivity index (χ1n) is 11.3. The van der Waals surface area contributed by atoms with Crippen LogP contribution in [0.3, 0.4) is 0 Å². The minimum atomic E-state index is -3.89. The first-order chi connectivity index (χ1) is 15.5. The number of pyridine rings is 1. The topological polar surface area (TPSA) is 86.0 Å². The number of nitrogens with zero attached hydrogens (tertiary/aromatic N) is 4. The Labute approximate surface area is 174 Å². The molecular formula is C20H22N4O4S. The molecule has 2 aliphatic heterocycles. The fourth-order valence-electron chi connectivity index (χ4n) is 3.89. The summed E-state index contributed by atoms with van der Waals surface area (Å²) in [5, 5.41) is 4.17. The molecule has 9 heteroatoms. The average molecular weight is 419 g/mol. The molecule has 4 heterocycles. The Morgan fingerprint density at radius 1 is 1.28 bits per heavy atom. The van der Waals surface area contributed by atoms with Crippen molar-refractivity contribution in [3.8, 4) is 11.5 Å². The van der Waals surface area contributed by atoms with Crippen molar-refractivity contribution in [3.63, 3.8) is 0 Å². The fourth-order valence-corrected chi connectivity index (χ4v) is 5.39. The molecule has 1 aromatic carbocycles. The molecule has 1 saturated heterocycles. The third kappa shape index (κ3) is 3.14. The highest BCUT2D eigenvalue weighted by molar-refractivity contribution is 7.89. The molecule has 0 atom stereocenters. The molecule has 1 fully saturated rings. The van der Waals surface area contributed by atoms with E-state index >= 15 is 0 Å². The molecule has 0 unspecified atom stereocenters. The van der Waals surface area contributed by atoms with Crippen molar-refractivity contribution < 1.29 is 23.4 Å². The van der Waals surface area contributed by atoms with E-state index in [0.29, 0.717) is 24.2 Å². The molecule has 0 bridgehead atoms. The number of ether oxygens (including phenoxy) is 2. The highest BCUT2D eigenvalue weighted by Crippen LogP contribution is 2.36. The lowest BCUT2D eigenvalue weighted by Gasteiger charge is -2.32. The number of piperidine rings is 1. The van der Waals surface area contributed by atoms with Gasteiger partial charge in [-0.05, 0) is 42.5 Å². The average Bonchev–Trinajstić information content (AvgIpc) is 3.31. The standard InChI is InChI=1S/C20H22N4O4S/c1-27-19-11-20-21-13-22-24(20)12-17(19)14-4-7-23(8-5-14)29(25,26)16-2-3-18-15(10-16)6-9-28-18/h2-3,10-14H,4-9H2,1H3/i6D2,9D2. The molecule has 0 aliphatic carbocycles. The maximum absolute atomic E-state index is 13.3. The molecule has 0 radical (unpaired) electrons. The minimum Gasteiger partial charge on any atom is -0.496 e. The van der Waals surface area contributed by atoms with Gasteiger partial charge in [-0.15, -0.1) is 0 Å². The van der Waals surface area contributed by atoms with Gasteiger partial charge in [-0.2, -0.15) is 9.40 Å². The summed E-state index contributed by atoms with van der Waals surface area (Å²) < 4.78 is 71.8. The Bertz CT molecular complexity index is 1340. The van der Waals surface area contributed by atoms with Crippen molar-refractivity contribution in [1.29, 1.82) is 0 Å². The molecule has 152 valence electrons. The van der Waals surface area contributed by atoms with Gasteiger partial charge in [-0.1, -0.05) is 0 Å². The summed E-state index contributed by atoms with van der Waals surface area (Å²) in [4.78, 5) is 4.08. The van der Waals surface area contributed by atoms with Crippen LogP contribution in [0, 0.1) is 0 Å². The zero-order chi connectivity index (χ0) is 23.6. The summed E-state index contributed by atoms with van der Waals surface area (Å²) in [5.41, 5.74) is 1.51. The second kappa shape index (κ2) is 7.00. The van der Waals surface area contributed by atoms with Gasteiger partial charge in [0.15, 0.2) is 5.65 Å². The molecule has 8 nitrogen and oxygen atoms in total. The van der Waals surface area contributed by atoms with Gasteiger partial charge in [0.1, 0.15) is 17.8 Å². The largest absolute Gasteiger partial charge is 0.496 e. The molecular weight excluding hydrogens is 392 g/mol. The van der Waals surface area contributed by atoms with Gasteiger partial charge in [-0.25, -0.2) is 17.9 Å². The maximum Gasteiger partial charge on any atom is 0.243 e. The Morgan fingerprint density at radius 2 is 2.10 bits per heavy atom. The molecule has 0 spiro atoms. The van der Waals surface area contributed by atoms with Crippen molar-refractivity contribution >= 4 is 15.7 Å². The van der Waals surface area contributed by atoms with Crippen molar-refractivity contribution in [2.75, 3.05) is 26.8 Å². The summed E-state index contributed by atoms with van der Waals surface area (Å²) in [5.74, 6) is 0.778. The Balaban J connectivity index is 1.38. The van der Waals surface area contributed by atoms with Crippen LogP contribution in [0.5, 0.6) is 11.5 Å². The third-order valence-corrected chi connectivity index (χ3v) is 7.35. The van der Waals surface area contributed by atoms with Crippen molar-refractivity contribution in [2.24, 2.45) is 0 Å². The Hall–Kier alpha value is -2.65. The van der Waals surface area contributed by atoms with Gasteiger partial charge >= 0.3 is 0 Å². The number of hydrogen-bond acceptors (Lipinski definition) is 6. The zero-order valence-corrected chi connectivity index (χ0v) is 16.5. The van der Waals surface area contributed by atoms with Gasteiger partial charge in [0.25, 0.3) is 0 Å². The first kappa shape index (κ1) is 14.4. The number of hydrogen-bond donors (Lipinski definition) is 0. The summed E-state index contributed by atoms with van der Waals surface area (Å²) in [6.07, 6.45) is 2.02. The highest BCUT2D eigenvalue weighted by Gasteiger charge is 2.32. The van der Waals surface area contributed by atoms with Crippen LogP contribution < -0.4 is 9.47 Å². The Morgan fingerprint density at radius 3 is 2.90 bits per heavy atom. The van der Waals surface area contributed by atoms with Crippen LogP contribution in [0.15, 0.2) is 41.7 Å². The second-order valence-electron chi connectivity index (χ2n) is 7.03. The summed E-state index contributed by atoms with van der Waals surface area (Å²) >= 11 is 0. The van der Waals surface area contributed by atoms with Gasteiger partial charge < -0.3 is 9.47 Å². The highest BCUT2D eigenvalue weighted by atomic mass is 32.2. The predicted octanol–water partition coefficient (Wildman–Crippen LogP) is 2.24. The molecule has 0 amide bonds. The lowest BCUT2D eigenvalue weighted by atomic mass is 9.91. The van der Waals surface area contributed by atoms with E-state index in [1.807, 2.05) is 12.3 Å². The first-order valence-corrected chi connectivity index (χ1v) is 10.7. The van der Waals surface area contributed by atoms with E-state index in [2.05, 4.69) is 10.1 Å². The van der Waals surface area contributed by atoms with E-state index < -0.39 is 23.0 Å². The van der Waals surface area contributed by atoms with Crippen molar-refractivity contribution in [2.45, 2.75) is 30.0 Å². The molecule has 0 N–H and O–H groups in total. The predicted molar refractivity (Wildman–Crippen MR) is 106 cm³/mol. The van der Waals surface area contributed by atoms with E-state index in [-0.39, 0.29) is 35.2 Å². The van der Waals surface area contributed by atoms with Crippen LogP contribution in [0.25, 0.3) is 5.65 Å². The smallest absolute Gasteiger partial charge is 0.243 e. The van der Waals surface area contributed by atoms with Gasteiger partial charge in [0.2, 0.25) is 10.0 Å². The quantitative estimate of drug-likeness (QED) is 0.646. The number of methoxy groups -OCH3 is 1. The van der Waals surface area contributed by atoms with Crippen molar-refractivity contribution in [3.05, 3.63) is 47.9 Å². The molecule has 2 aliphatic rings. The number of benzene rings is 1. The van der Waals surface area contributed by atoms with E-state index in [1.54, 1.807) is 11.6 Å². The number of aryl methyl sites for hydroxylation is 1. The monoisotopic (exact) mass is 418 g/mol. The van der Waals surface area contributed by atoms with Crippen LogP contribution in [0.4, 0.5) is 0 Å². The lowest BCUT2D eigenvalue weighted by Crippen LogP contribution is -2.38. The van der Waals surface area contributed by atoms with E-state index in [1.165, 1.54) is 28.8 Å². The van der Waals surface area contributed by atoms with Gasteiger partial charge in [0, 0.05) is 40.0 Å². The Kier molecular flexibility index (Phi) is 3.46. The zero-order valence-electron chi connectivity index (χ0n) is 19.7. The van der Waals surface area contributed by atoms with Gasteiger partial charge in [0.05, 0.1) is 21.3 Å². The number of sulfonamides is 1. The molecule has 3 aromatic rings. The van der Waals surface area contributed by atoms with Crippen LogP contribution in [-0.4, -0.2) is 54.1 Å². The lowest BCUT2D eigenvalue weighted by molar-refractivity contribution is 0.312. The fraction of sp³-hybridized carbons (Fsp3) is 0.400. The third-order valence-electron chi connectivity index (χ3n) is 5.46. The van der Waals surface area contributed by atoms with E-state index in [9.17, 15) is 8.42 Å². The molecule has 5 rings (SSSR count). The number of rotatable bonds is 4. The SMILES string of the molecule is [2H]C1([2H])Oc2ccc(S(=O)(=O)N3CCC(c4cn5ncnc5cc4OC)CC3)cc2C1([2H])[2H]. The van der Waals surface area contributed by atoms with Crippen molar-refractivity contribution in [1.82, 2.24) is 18.9 Å². The number of fused-ring (bicyclic) bond motifs is 2. The summed E-state index contributed by atoms with van der Waals surface area (Å²) in [7, 11) is -2.30. The number of aromatic nitrogens is 3. The van der Waals surface area contributed by atoms with Gasteiger partial charge in [-0.3, -0.25) is 0 Å². The minimum absolute atomic E-state index is 0.0123. The summed E-state index contributed by atoms with van der Waals surface area (Å²) in [6.45, 7) is -2.00. The second-order valence-corrected chi connectivity index (χ2v) is 8.96.